The zero-order valence-electron chi connectivity index (χ0n) is 10.6. The van der Waals surface area contributed by atoms with Gasteiger partial charge in [-0.15, -0.1) is 0 Å². The van der Waals surface area contributed by atoms with E-state index in [0.717, 1.165) is 5.56 Å². The minimum Gasteiger partial charge on any atom is -0.370 e. The molecule has 0 aromatic carbocycles. The number of hydrogen-bond acceptors (Lipinski definition) is 4. The zero-order valence-corrected chi connectivity index (χ0v) is 10.6. The molecule has 6 heteroatoms. The zero-order chi connectivity index (χ0) is 13.8. The van der Waals surface area contributed by atoms with Crippen molar-refractivity contribution in [3.05, 3.63) is 29.6 Å². The quantitative estimate of drug-likeness (QED) is 0.678. The first-order valence-corrected chi connectivity index (χ1v) is 5.60. The summed E-state index contributed by atoms with van der Waals surface area (Å²) in [5.74, 6) is -0.809. The summed E-state index contributed by atoms with van der Waals surface area (Å²) in [5.41, 5.74) is 11.0. The minimum absolute atomic E-state index is 0.0691. The molecule has 0 unspecified atom stereocenters. The van der Waals surface area contributed by atoms with Crippen LogP contribution in [0.1, 0.15) is 36.3 Å². The Morgan fingerprint density at radius 3 is 2.50 bits per heavy atom. The number of pyridine rings is 1. The molecule has 0 fully saturated rings. The summed E-state index contributed by atoms with van der Waals surface area (Å²) in [4.78, 5) is 26.7. The van der Waals surface area contributed by atoms with Crippen molar-refractivity contribution in [2.45, 2.75) is 32.4 Å². The van der Waals surface area contributed by atoms with Gasteiger partial charge in [-0.2, -0.15) is 0 Å². The van der Waals surface area contributed by atoms with Crippen LogP contribution < -0.4 is 16.8 Å². The van der Waals surface area contributed by atoms with Crippen molar-refractivity contribution >= 4 is 11.8 Å². The number of nitrogens with one attached hydrogen (secondary N) is 1. The highest BCUT2D eigenvalue weighted by atomic mass is 16.2. The number of aromatic nitrogens is 1. The monoisotopic (exact) mass is 250 g/mol. The van der Waals surface area contributed by atoms with Crippen molar-refractivity contribution in [3.63, 3.8) is 0 Å². The van der Waals surface area contributed by atoms with Gasteiger partial charge in [0.15, 0.2) is 0 Å². The highest BCUT2D eigenvalue weighted by Crippen LogP contribution is 2.09. The van der Waals surface area contributed by atoms with Gasteiger partial charge in [-0.05, 0) is 25.5 Å². The van der Waals surface area contributed by atoms with Crippen LogP contribution in [-0.2, 0) is 11.3 Å². The molecule has 1 aromatic heterocycles. The summed E-state index contributed by atoms with van der Waals surface area (Å²) >= 11 is 0. The standard InChI is InChI=1S/C12H18N4O2/c1-12(2,5-10(14)17)16-11(18)9-4-3-8(6-13)7-15-9/h3-4,7H,5-6,13H2,1-2H3,(H2,14,17)(H,16,18). The maximum Gasteiger partial charge on any atom is 0.270 e. The fraction of sp³-hybridized carbons (Fsp3) is 0.417. The lowest BCUT2D eigenvalue weighted by Crippen LogP contribution is -2.46. The number of primary amides is 1. The summed E-state index contributed by atoms with van der Waals surface area (Å²) in [6, 6.07) is 3.33. The van der Waals surface area contributed by atoms with E-state index in [1.54, 1.807) is 32.2 Å². The molecule has 2 amide bonds. The van der Waals surface area contributed by atoms with Gasteiger partial charge in [0, 0.05) is 24.7 Å². The van der Waals surface area contributed by atoms with E-state index in [9.17, 15) is 9.59 Å². The lowest BCUT2D eigenvalue weighted by molar-refractivity contribution is -0.119. The van der Waals surface area contributed by atoms with Crippen LogP contribution in [0.2, 0.25) is 0 Å². The van der Waals surface area contributed by atoms with Crippen molar-refractivity contribution in [1.82, 2.24) is 10.3 Å². The molecule has 18 heavy (non-hydrogen) atoms. The van der Waals surface area contributed by atoms with Crippen molar-refractivity contribution < 1.29 is 9.59 Å². The highest BCUT2D eigenvalue weighted by molar-refractivity contribution is 5.93. The van der Waals surface area contributed by atoms with Crippen molar-refractivity contribution in [3.8, 4) is 0 Å². The van der Waals surface area contributed by atoms with E-state index >= 15 is 0 Å². The van der Waals surface area contributed by atoms with Crippen LogP contribution in [0, 0.1) is 0 Å². The van der Waals surface area contributed by atoms with Gasteiger partial charge in [-0.3, -0.25) is 14.6 Å². The number of amides is 2. The Hall–Kier alpha value is -1.95. The van der Waals surface area contributed by atoms with Gasteiger partial charge in [-0.1, -0.05) is 6.07 Å². The van der Waals surface area contributed by atoms with Gasteiger partial charge >= 0.3 is 0 Å². The predicted octanol–water partition coefficient (Wildman–Crippen LogP) is -0.0759. The number of nitrogens with zero attached hydrogens (tertiary/aromatic N) is 1. The molecule has 6 nitrogen and oxygen atoms in total. The highest BCUT2D eigenvalue weighted by Gasteiger charge is 2.23. The SMILES string of the molecule is CC(C)(CC(N)=O)NC(=O)c1ccc(CN)cn1. The topological polar surface area (TPSA) is 111 Å². The van der Waals surface area contributed by atoms with E-state index in [2.05, 4.69) is 10.3 Å². The molecule has 0 bridgehead atoms. The maximum atomic E-state index is 11.9. The summed E-state index contributed by atoms with van der Waals surface area (Å²) in [7, 11) is 0. The Morgan fingerprint density at radius 1 is 1.39 bits per heavy atom. The van der Waals surface area contributed by atoms with Crippen LogP contribution in [-0.4, -0.2) is 22.3 Å². The number of rotatable bonds is 5. The Labute approximate surface area is 106 Å². The smallest absolute Gasteiger partial charge is 0.270 e. The molecular formula is C12H18N4O2. The number of nitrogens with two attached hydrogens (primary N) is 2. The average molecular weight is 250 g/mol. The van der Waals surface area contributed by atoms with E-state index in [1.165, 1.54) is 0 Å². The van der Waals surface area contributed by atoms with E-state index in [1.807, 2.05) is 0 Å². The molecule has 0 spiro atoms. The average Bonchev–Trinajstić information content (AvgIpc) is 2.26. The van der Waals surface area contributed by atoms with E-state index < -0.39 is 11.4 Å². The lowest BCUT2D eigenvalue weighted by Gasteiger charge is -2.24. The first kappa shape index (κ1) is 14.1. The number of hydrogen-bond donors (Lipinski definition) is 3. The molecule has 1 aromatic rings. The molecule has 0 atom stereocenters. The molecule has 0 radical (unpaired) electrons. The summed E-state index contributed by atoms with van der Waals surface area (Å²) < 4.78 is 0. The molecule has 1 rings (SSSR count). The van der Waals surface area contributed by atoms with E-state index in [-0.39, 0.29) is 18.0 Å². The van der Waals surface area contributed by atoms with Gasteiger partial charge < -0.3 is 16.8 Å². The molecule has 98 valence electrons. The minimum atomic E-state index is -0.697. The first-order chi connectivity index (χ1) is 8.34. The fourth-order valence-corrected chi connectivity index (χ4v) is 1.53. The molecule has 0 aliphatic carbocycles. The maximum absolute atomic E-state index is 11.9. The Bertz CT molecular complexity index is 440. The van der Waals surface area contributed by atoms with Crippen LogP contribution in [0.15, 0.2) is 18.3 Å². The second kappa shape index (κ2) is 5.59. The van der Waals surface area contributed by atoms with Gasteiger partial charge in [-0.25, -0.2) is 0 Å². The third-order valence-electron chi connectivity index (χ3n) is 2.36. The summed E-state index contributed by atoms with van der Waals surface area (Å²) in [6.45, 7) is 3.83. The molecule has 5 N–H and O–H groups in total. The lowest BCUT2D eigenvalue weighted by atomic mass is 10.00. The molecule has 0 aliphatic heterocycles. The Morgan fingerprint density at radius 2 is 2.06 bits per heavy atom. The molecule has 0 saturated carbocycles. The molecule has 0 aliphatic rings. The van der Waals surface area contributed by atoms with Crippen LogP contribution in [0.5, 0.6) is 0 Å². The van der Waals surface area contributed by atoms with Gasteiger partial charge in [0.25, 0.3) is 5.91 Å². The van der Waals surface area contributed by atoms with E-state index in [4.69, 9.17) is 11.5 Å². The number of carbonyl (C=O) groups is 2. The second-order valence-corrected chi connectivity index (χ2v) is 4.74. The first-order valence-electron chi connectivity index (χ1n) is 5.60. The second-order valence-electron chi connectivity index (χ2n) is 4.74. The predicted molar refractivity (Wildman–Crippen MR) is 67.5 cm³/mol. The Kier molecular flexibility index (Phi) is 4.38. The van der Waals surface area contributed by atoms with Crippen LogP contribution in [0.3, 0.4) is 0 Å². The van der Waals surface area contributed by atoms with Gasteiger partial charge in [0.2, 0.25) is 5.91 Å². The summed E-state index contributed by atoms with van der Waals surface area (Å²) in [5, 5.41) is 2.71. The van der Waals surface area contributed by atoms with Crippen LogP contribution in [0.25, 0.3) is 0 Å². The third-order valence-corrected chi connectivity index (χ3v) is 2.36. The molecule has 0 saturated heterocycles. The molecular weight excluding hydrogens is 232 g/mol. The summed E-state index contributed by atoms with van der Waals surface area (Å²) in [6.07, 6.45) is 1.62. The third kappa shape index (κ3) is 4.14. The number of carbonyl (C=O) groups excluding carboxylic acids is 2. The Balaban J connectivity index is 2.72. The van der Waals surface area contributed by atoms with Crippen LogP contribution in [0.4, 0.5) is 0 Å². The van der Waals surface area contributed by atoms with Crippen LogP contribution >= 0.6 is 0 Å². The van der Waals surface area contributed by atoms with E-state index in [0.29, 0.717) is 6.54 Å². The molecule has 1 heterocycles. The van der Waals surface area contributed by atoms with Gasteiger partial charge in [0.05, 0.1) is 0 Å². The van der Waals surface area contributed by atoms with Crippen molar-refractivity contribution in [1.29, 1.82) is 0 Å². The fourth-order valence-electron chi connectivity index (χ4n) is 1.53. The van der Waals surface area contributed by atoms with Crippen molar-refractivity contribution in [2.75, 3.05) is 0 Å². The van der Waals surface area contributed by atoms with Gasteiger partial charge in [0.1, 0.15) is 5.69 Å². The van der Waals surface area contributed by atoms with Crippen molar-refractivity contribution in [2.24, 2.45) is 11.5 Å². The largest absolute Gasteiger partial charge is 0.370 e. The normalized spacial score (nSPS) is 11.1.